The normalized spacial score (nSPS) is 18.6. The van der Waals surface area contributed by atoms with Gasteiger partial charge in [-0.2, -0.15) is 0 Å². The van der Waals surface area contributed by atoms with Crippen molar-refractivity contribution in [1.29, 1.82) is 0 Å². The molecule has 0 unspecified atom stereocenters. The van der Waals surface area contributed by atoms with Crippen LogP contribution in [0.15, 0.2) is 34.9 Å². The number of hydrogen-bond donors (Lipinski definition) is 0. The fourth-order valence-corrected chi connectivity index (χ4v) is 3.94. The molecule has 19 heavy (non-hydrogen) atoms. The maximum Gasteiger partial charge on any atom is 0.0542 e. The topological polar surface area (TPSA) is 12.9 Å². The van der Waals surface area contributed by atoms with Crippen LogP contribution in [-0.2, 0) is 18.3 Å². The first-order valence-electron chi connectivity index (χ1n) is 6.63. The highest BCUT2D eigenvalue weighted by molar-refractivity contribution is 9.10. The second-order valence-corrected chi connectivity index (χ2v) is 6.90. The molecule has 1 spiro atoms. The van der Waals surface area contributed by atoms with Gasteiger partial charge in [-0.1, -0.05) is 17.7 Å². The van der Waals surface area contributed by atoms with Crippen LogP contribution < -0.4 is 0 Å². The second kappa shape index (κ2) is 4.07. The Morgan fingerprint density at radius 3 is 2.68 bits per heavy atom. The van der Waals surface area contributed by atoms with Gasteiger partial charge in [0.2, 0.25) is 0 Å². The van der Waals surface area contributed by atoms with Gasteiger partial charge in [-0.3, -0.25) is 4.98 Å². The summed E-state index contributed by atoms with van der Waals surface area (Å²) in [5.41, 5.74) is 5.70. The zero-order chi connectivity index (χ0) is 13.0. The van der Waals surface area contributed by atoms with Crippen LogP contribution >= 0.6 is 27.5 Å². The lowest BCUT2D eigenvalue weighted by Crippen LogP contribution is -2.13. The van der Waals surface area contributed by atoms with Crippen LogP contribution in [0.5, 0.6) is 0 Å². The second-order valence-electron chi connectivity index (χ2n) is 5.54. The van der Waals surface area contributed by atoms with Gasteiger partial charge in [0.15, 0.2) is 0 Å². The Hall–Kier alpha value is -0.860. The highest BCUT2D eigenvalue weighted by atomic mass is 79.9. The number of benzene rings is 1. The minimum Gasteiger partial charge on any atom is -0.259 e. The number of nitrogens with zero attached hydrogens (tertiary/aromatic N) is 1. The third-order valence-electron chi connectivity index (χ3n) is 4.38. The van der Waals surface area contributed by atoms with Gasteiger partial charge in [-0.15, -0.1) is 0 Å². The van der Waals surface area contributed by atoms with Gasteiger partial charge in [0.1, 0.15) is 0 Å². The van der Waals surface area contributed by atoms with E-state index in [2.05, 4.69) is 34.1 Å². The molecule has 1 aromatic carbocycles. The lowest BCUT2D eigenvalue weighted by molar-refractivity contribution is 0.793. The summed E-state index contributed by atoms with van der Waals surface area (Å²) in [5.74, 6) is 0. The van der Waals surface area contributed by atoms with E-state index >= 15 is 0 Å². The number of fused-ring (bicyclic) bond motifs is 4. The van der Waals surface area contributed by atoms with E-state index in [0.29, 0.717) is 0 Å². The molecule has 1 nitrogen and oxygen atoms in total. The Kier molecular flexibility index (Phi) is 2.55. The van der Waals surface area contributed by atoms with Crippen LogP contribution in [0.3, 0.4) is 0 Å². The van der Waals surface area contributed by atoms with Crippen LogP contribution in [0.1, 0.15) is 35.2 Å². The maximum atomic E-state index is 6.16. The van der Waals surface area contributed by atoms with Gasteiger partial charge in [0, 0.05) is 21.1 Å². The fourth-order valence-electron chi connectivity index (χ4n) is 3.37. The first-order valence-corrected chi connectivity index (χ1v) is 7.80. The molecule has 2 aliphatic rings. The molecule has 1 saturated carbocycles. The number of rotatable bonds is 0. The van der Waals surface area contributed by atoms with Crippen molar-refractivity contribution >= 4 is 27.5 Å². The summed E-state index contributed by atoms with van der Waals surface area (Å²) in [7, 11) is 0. The summed E-state index contributed by atoms with van der Waals surface area (Å²) in [4.78, 5) is 4.74. The van der Waals surface area contributed by atoms with Gasteiger partial charge in [0.05, 0.1) is 5.69 Å². The van der Waals surface area contributed by atoms with Crippen LogP contribution in [-0.4, -0.2) is 4.98 Å². The summed E-state index contributed by atoms with van der Waals surface area (Å²) in [6, 6.07) is 8.60. The van der Waals surface area contributed by atoms with Gasteiger partial charge in [-0.05, 0) is 76.5 Å². The first-order chi connectivity index (χ1) is 9.19. The number of aromatic nitrogens is 1. The molecule has 4 rings (SSSR count). The van der Waals surface area contributed by atoms with E-state index in [-0.39, 0.29) is 5.41 Å². The van der Waals surface area contributed by atoms with E-state index in [0.717, 1.165) is 22.3 Å². The summed E-state index contributed by atoms with van der Waals surface area (Å²) < 4.78 is 1.08. The van der Waals surface area contributed by atoms with E-state index < -0.39 is 0 Å². The lowest BCUT2D eigenvalue weighted by Gasteiger charge is -2.18. The average molecular weight is 335 g/mol. The van der Waals surface area contributed by atoms with Crippen molar-refractivity contribution in [2.75, 3.05) is 0 Å². The van der Waals surface area contributed by atoms with Crippen molar-refractivity contribution in [3.63, 3.8) is 0 Å². The predicted octanol–water partition coefficient (Wildman–Crippen LogP) is 4.68. The molecule has 3 heteroatoms. The van der Waals surface area contributed by atoms with Crippen molar-refractivity contribution in [2.45, 2.75) is 31.1 Å². The number of pyridine rings is 1. The quantitative estimate of drug-likeness (QED) is 0.682. The van der Waals surface area contributed by atoms with Crippen molar-refractivity contribution in [1.82, 2.24) is 4.98 Å². The Morgan fingerprint density at radius 2 is 1.89 bits per heavy atom. The van der Waals surface area contributed by atoms with Gasteiger partial charge < -0.3 is 0 Å². The van der Waals surface area contributed by atoms with E-state index in [4.69, 9.17) is 16.6 Å². The molecule has 1 aromatic heterocycles. The zero-order valence-corrected chi connectivity index (χ0v) is 12.8. The molecular formula is C16H13BrClN. The van der Waals surface area contributed by atoms with E-state index in [1.807, 2.05) is 12.3 Å². The molecule has 1 heterocycles. The molecule has 2 aromatic rings. The number of aryl methyl sites for hydroxylation is 2. The highest BCUT2D eigenvalue weighted by Gasteiger charge is 2.50. The van der Waals surface area contributed by atoms with Crippen molar-refractivity contribution in [2.24, 2.45) is 0 Å². The Morgan fingerprint density at radius 1 is 1.11 bits per heavy atom. The predicted molar refractivity (Wildman–Crippen MR) is 80.8 cm³/mol. The van der Waals surface area contributed by atoms with Crippen molar-refractivity contribution in [3.05, 3.63) is 62.3 Å². The van der Waals surface area contributed by atoms with E-state index in [1.54, 1.807) is 0 Å². The summed E-state index contributed by atoms with van der Waals surface area (Å²) >= 11 is 9.69. The van der Waals surface area contributed by atoms with Gasteiger partial charge in [0.25, 0.3) is 0 Å². The van der Waals surface area contributed by atoms with E-state index in [1.165, 1.54) is 35.2 Å². The van der Waals surface area contributed by atoms with Crippen molar-refractivity contribution < 1.29 is 0 Å². The zero-order valence-electron chi connectivity index (χ0n) is 10.4. The van der Waals surface area contributed by atoms with Crippen LogP contribution in [0, 0.1) is 0 Å². The molecule has 0 bridgehead atoms. The molecule has 0 N–H and O–H groups in total. The van der Waals surface area contributed by atoms with Crippen LogP contribution in [0.2, 0.25) is 5.02 Å². The minimum absolute atomic E-state index is 0.173. The minimum atomic E-state index is 0.173. The average Bonchev–Trinajstić information content (AvgIpc) is 3.18. The first kappa shape index (κ1) is 11.9. The number of hydrogen-bond acceptors (Lipinski definition) is 1. The summed E-state index contributed by atoms with van der Waals surface area (Å²) in [5, 5.41) is 0.842. The van der Waals surface area contributed by atoms with Crippen LogP contribution in [0.25, 0.3) is 0 Å². The summed E-state index contributed by atoms with van der Waals surface area (Å²) in [6.07, 6.45) is 6.46. The smallest absolute Gasteiger partial charge is 0.0542 e. The van der Waals surface area contributed by atoms with Crippen molar-refractivity contribution in [3.8, 4) is 0 Å². The molecule has 0 saturated heterocycles. The lowest BCUT2D eigenvalue weighted by atomic mass is 9.88. The third kappa shape index (κ3) is 1.77. The fraction of sp³-hybridized carbons (Fsp3) is 0.312. The molecular weight excluding hydrogens is 322 g/mol. The van der Waals surface area contributed by atoms with Gasteiger partial charge in [-0.25, -0.2) is 0 Å². The maximum absolute atomic E-state index is 6.16. The molecule has 0 amide bonds. The Bertz CT molecular complexity index is 621. The monoisotopic (exact) mass is 333 g/mol. The SMILES string of the molecule is Clc1ccc2c(c1)CCc1cc(Br)cnc1C21CC1. The third-order valence-corrected chi connectivity index (χ3v) is 5.05. The molecule has 0 atom stereocenters. The van der Waals surface area contributed by atoms with E-state index in [9.17, 15) is 0 Å². The molecule has 0 aliphatic heterocycles. The molecule has 1 fully saturated rings. The number of halogens is 2. The Balaban J connectivity index is 1.96. The molecule has 96 valence electrons. The van der Waals surface area contributed by atoms with Gasteiger partial charge >= 0.3 is 0 Å². The summed E-state index contributed by atoms with van der Waals surface area (Å²) in [6.45, 7) is 0. The standard InChI is InChI=1S/C16H13BrClN/c17-12-7-11-2-1-10-8-13(18)3-4-14(10)16(5-6-16)15(11)19-9-12/h3-4,7-9H,1-2,5-6H2. The highest BCUT2D eigenvalue weighted by Crippen LogP contribution is 2.56. The molecule has 2 aliphatic carbocycles. The molecule has 0 radical (unpaired) electrons. The van der Waals surface area contributed by atoms with Crippen LogP contribution in [0.4, 0.5) is 0 Å². The Labute approximate surface area is 126 Å². The largest absolute Gasteiger partial charge is 0.259 e.